The molecule has 0 atom stereocenters. The number of hydrogen-bond acceptors (Lipinski definition) is 3. The maximum absolute atomic E-state index is 11.9. The van der Waals surface area contributed by atoms with E-state index in [1.165, 1.54) is 0 Å². The van der Waals surface area contributed by atoms with Crippen molar-refractivity contribution < 1.29 is 14.3 Å². The number of nitrogens with one attached hydrogen (secondary N) is 1. The van der Waals surface area contributed by atoms with Gasteiger partial charge in [0.2, 0.25) is 0 Å². The number of ether oxygens (including phenoxy) is 2. The Morgan fingerprint density at radius 2 is 1.82 bits per heavy atom. The van der Waals surface area contributed by atoms with Gasteiger partial charge >= 0.3 is 0 Å². The van der Waals surface area contributed by atoms with E-state index < -0.39 is 0 Å². The molecule has 0 fully saturated rings. The molecule has 2 aromatic rings. The summed E-state index contributed by atoms with van der Waals surface area (Å²) in [4.78, 5) is 11.9. The first-order valence-electron chi connectivity index (χ1n) is 7.39. The molecule has 1 N–H and O–H groups in total. The lowest BCUT2D eigenvalue weighted by Crippen LogP contribution is -2.20. The Kier molecular flexibility index (Phi) is 5.83. The third-order valence-electron chi connectivity index (χ3n) is 2.98. The fourth-order valence-electron chi connectivity index (χ4n) is 1.86. The number of rotatable bonds is 7. The van der Waals surface area contributed by atoms with E-state index in [1.807, 2.05) is 56.3 Å². The number of carbonyl (C=O) groups excluding carboxylic acids is 1. The molecule has 22 heavy (non-hydrogen) atoms. The molecular formula is C18H21NO3. The van der Waals surface area contributed by atoms with Gasteiger partial charge in [-0.15, -0.1) is 0 Å². The van der Waals surface area contributed by atoms with Crippen LogP contribution in [0.1, 0.15) is 18.9 Å². The Labute approximate surface area is 131 Å². The Hall–Kier alpha value is -2.49. The van der Waals surface area contributed by atoms with Crippen LogP contribution < -0.4 is 14.8 Å². The van der Waals surface area contributed by atoms with Gasteiger partial charge in [0.1, 0.15) is 11.5 Å². The minimum atomic E-state index is -0.201. The molecule has 2 aromatic carbocycles. The van der Waals surface area contributed by atoms with Crippen molar-refractivity contribution in [2.45, 2.75) is 20.3 Å². The maximum atomic E-state index is 11.9. The minimum Gasteiger partial charge on any atom is -0.494 e. The average molecular weight is 299 g/mol. The van der Waals surface area contributed by atoms with Crippen molar-refractivity contribution in [3.8, 4) is 11.5 Å². The van der Waals surface area contributed by atoms with Crippen LogP contribution in [0.25, 0.3) is 0 Å². The van der Waals surface area contributed by atoms with Crippen molar-refractivity contribution in [3.05, 3.63) is 54.1 Å². The van der Waals surface area contributed by atoms with E-state index in [2.05, 4.69) is 5.32 Å². The van der Waals surface area contributed by atoms with Gasteiger partial charge in [-0.2, -0.15) is 0 Å². The summed E-state index contributed by atoms with van der Waals surface area (Å²) in [5.74, 6) is 1.23. The summed E-state index contributed by atoms with van der Waals surface area (Å²) in [5.41, 5.74) is 1.85. The second-order valence-corrected chi connectivity index (χ2v) is 5.03. The number of hydrogen-bond donors (Lipinski definition) is 1. The number of benzene rings is 2. The summed E-state index contributed by atoms with van der Waals surface area (Å²) >= 11 is 0. The van der Waals surface area contributed by atoms with Crippen molar-refractivity contribution in [1.82, 2.24) is 0 Å². The zero-order chi connectivity index (χ0) is 15.8. The molecule has 0 spiro atoms. The summed E-state index contributed by atoms with van der Waals surface area (Å²) < 4.78 is 11.0. The molecule has 0 aromatic heterocycles. The molecule has 4 heteroatoms. The molecule has 2 rings (SSSR count). The van der Waals surface area contributed by atoms with Crippen molar-refractivity contribution in [2.75, 3.05) is 18.5 Å². The van der Waals surface area contributed by atoms with Crippen LogP contribution in [0.3, 0.4) is 0 Å². The average Bonchev–Trinajstić information content (AvgIpc) is 2.53. The van der Waals surface area contributed by atoms with Gasteiger partial charge < -0.3 is 14.8 Å². The number of anilines is 1. The topological polar surface area (TPSA) is 47.6 Å². The van der Waals surface area contributed by atoms with Crippen LogP contribution in [0.5, 0.6) is 11.5 Å². The lowest BCUT2D eigenvalue weighted by molar-refractivity contribution is -0.118. The van der Waals surface area contributed by atoms with E-state index in [0.29, 0.717) is 18.0 Å². The first-order chi connectivity index (χ1) is 10.7. The third-order valence-corrected chi connectivity index (χ3v) is 2.98. The number of aryl methyl sites for hydroxylation is 1. The Morgan fingerprint density at radius 1 is 1.05 bits per heavy atom. The van der Waals surface area contributed by atoms with E-state index in [1.54, 1.807) is 6.07 Å². The normalized spacial score (nSPS) is 10.1. The Balaban J connectivity index is 1.85. The molecule has 0 aliphatic rings. The smallest absolute Gasteiger partial charge is 0.262 e. The molecule has 1 amide bonds. The standard InChI is InChI=1S/C18H21NO3/c1-3-11-21-17-6-4-5-15(12-17)19-18(20)13-22-16-9-7-14(2)8-10-16/h4-10,12H,3,11,13H2,1-2H3,(H,19,20). The highest BCUT2D eigenvalue weighted by Crippen LogP contribution is 2.17. The Morgan fingerprint density at radius 3 is 2.55 bits per heavy atom. The summed E-state index contributed by atoms with van der Waals surface area (Å²) in [6.45, 7) is 4.69. The van der Waals surface area contributed by atoms with Crippen LogP contribution in [0.15, 0.2) is 48.5 Å². The SMILES string of the molecule is CCCOc1cccc(NC(=O)COc2ccc(C)cc2)c1. The second-order valence-electron chi connectivity index (χ2n) is 5.03. The molecule has 0 aliphatic carbocycles. The highest BCUT2D eigenvalue weighted by molar-refractivity contribution is 5.92. The highest BCUT2D eigenvalue weighted by Gasteiger charge is 2.05. The molecule has 0 bridgehead atoms. The van der Waals surface area contributed by atoms with Gasteiger partial charge in [0.25, 0.3) is 5.91 Å². The van der Waals surface area contributed by atoms with Gasteiger partial charge in [-0.1, -0.05) is 30.7 Å². The van der Waals surface area contributed by atoms with E-state index in [0.717, 1.165) is 17.7 Å². The number of carbonyl (C=O) groups is 1. The molecule has 0 radical (unpaired) electrons. The summed E-state index contributed by atoms with van der Waals surface area (Å²) in [7, 11) is 0. The molecule has 0 unspecified atom stereocenters. The third kappa shape index (κ3) is 5.13. The Bertz CT molecular complexity index is 608. The molecule has 116 valence electrons. The van der Waals surface area contributed by atoms with Gasteiger partial charge in [0, 0.05) is 11.8 Å². The molecule has 0 heterocycles. The predicted octanol–water partition coefficient (Wildman–Crippen LogP) is 3.80. The van der Waals surface area contributed by atoms with Crippen molar-refractivity contribution >= 4 is 11.6 Å². The van der Waals surface area contributed by atoms with Gasteiger partial charge in [0.15, 0.2) is 6.61 Å². The van der Waals surface area contributed by atoms with Gasteiger partial charge in [0.05, 0.1) is 6.61 Å². The maximum Gasteiger partial charge on any atom is 0.262 e. The molecule has 0 saturated heterocycles. The quantitative estimate of drug-likeness (QED) is 0.846. The van der Waals surface area contributed by atoms with Crippen LogP contribution in [-0.2, 0) is 4.79 Å². The van der Waals surface area contributed by atoms with Crippen molar-refractivity contribution in [1.29, 1.82) is 0 Å². The lowest BCUT2D eigenvalue weighted by atomic mass is 10.2. The predicted molar refractivity (Wildman–Crippen MR) is 87.5 cm³/mol. The fraction of sp³-hybridized carbons (Fsp3) is 0.278. The lowest BCUT2D eigenvalue weighted by Gasteiger charge is -2.09. The first-order valence-corrected chi connectivity index (χ1v) is 7.39. The van der Waals surface area contributed by atoms with Gasteiger partial charge in [-0.05, 0) is 37.6 Å². The summed E-state index contributed by atoms with van der Waals surface area (Å²) in [6, 6.07) is 14.9. The van der Waals surface area contributed by atoms with E-state index >= 15 is 0 Å². The summed E-state index contributed by atoms with van der Waals surface area (Å²) in [6.07, 6.45) is 0.945. The number of amides is 1. The zero-order valence-corrected chi connectivity index (χ0v) is 13.0. The first kappa shape index (κ1) is 15.9. The molecular weight excluding hydrogens is 278 g/mol. The van der Waals surface area contributed by atoms with Crippen LogP contribution in [-0.4, -0.2) is 19.1 Å². The van der Waals surface area contributed by atoms with E-state index in [-0.39, 0.29) is 12.5 Å². The van der Waals surface area contributed by atoms with E-state index in [4.69, 9.17) is 9.47 Å². The van der Waals surface area contributed by atoms with Crippen LogP contribution >= 0.6 is 0 Å². The van der Waals surface area contributed by atoms with Crippen LogP contribution in [0.4, 0.5) is 5.69 Å². The monoisotopic (exact) mass is 299 g/mol. The van der Waals surface area contributed by atoms with Crippen LogP contribution in [0.2, 0.25) is 0 Å². The van der Waals surface area contributed by atoms with E-state index in [9.17, 15) is 4.79 Å². The summed E-state index contributed by atoms with van der Waals surface area (Å²) in [5, 5.41) is 2.80. The molecule has 4 nitrogen and oxygen atoms in total. The molecule has 0 saturated carbocycles. The van der Waals surface area contributed by atoms with Gasteiger partial charge in [-0.25, -0.2) is 0 Å². The van der Waals surface area contributed by atoms with Crippen LogP contribution in [0, 0.1) is 6.92 Å². The fourth-order valence-corrected chi connectivity index (χ4v) is 1.86. The second kappa shape index (κ2) is 8.08. The highest BCUT2D eigenvalue weighted by atomic mass is 16.5. The van der Waals surface area contributed by atoms with Gasteiger partial charge in [-0.3, -0.25) is 4.79 Å². The zero-order valence-electron chi connectivity index (χ0n) is 13.0. The minimum absolute atomic E-state index is 0.0247. The van der Waals surface area contributed by atoms with Crippen molar-refractivity contribution in [3.63, 3.8) is 0 Å². The largest absolute Gasteiger partial charge is 0.494 e. The van der Waals surface area contributed by atoms with Crippen molar-refractivity contribution in [2.24, 2.45) is 0 Å². The molecule has 0 aliphatic heterocycles.